The maximum Gasteiger partial charge on any atom is 0.338 e. The van der Waals surface area contributed by atoms with Crippen LogP contribution in [0.2, 0.25) is 0 Å². The summed E-state index contributed by atoms with van der Waals surface area (Å²) in [5, 5.41) is 14.9. The van der Waals surface area contributed by atoms with Gasteiger partial charge >= 0.3 is 23.9 Å². The summed E-state index contributed by atoms with van der Waals surface area (Å²) in [6, 6.07) is 53.8. The molecule has 2 amide bonds. The molecule has 2 unspecified atom stereocenters. The van der Waals surface area contributed by atoms with Crippen molar-refractivity contribution < 1.29 is 86.1 Å². The van der Waals surface area contributed by atoms with Crippen LogP contribution in [0.3, 0.4) is 0 Å². The second kappa shape index (κ2) is 26.6. The molecule has 13 rings (SSSR count). The second-order valence-corrected chi connectivity index (χ2v) is 26.9. The molecule has 6 aliphatic rings. The lowest BCUT2D eigenvalue weighted by Crippen LogP contribution is -2.81. The van der Waals surface area contributed by atoms with Crippen LogP contribution in [-0.2, 0) is 57.1 Å². The average molecular weight is 1340 g/mol. The van der Waals surface area contributed by atoms with Crippen LogP contribution in [-0.4, -0.2) is 131 Å². The van der Waals surface area contributed by atoms with Crippen LogP contribution in [0, 0.1) is 22.7 Å². The third kappa shape index (κ3) is 11.6. The summed E-state index contributed by atoms with van der Waals surface area (Å²) in [7, 11) is 3.03. The largest absolute Gasteiger partial charge is 0.497 e. The molecule has 2 saturated carbocycles. The fourth-order valence-electron chi connectivity index (χ4n) is 16.3. The summed E-state index contributed by atoms with van der Waals surface area (Å²) in [6.07, 6.45) is -13.6. The third-order valence-electron chi connectivity index (χ3n) is 21.2. The summed E-state index contributed by atoms with van der Waals surface area (Å²) in [5.74, 6) is -8.91. The van der Waals surface area contributed by atoms with Gasteiger partial charge in [-0.05, 0) is 96.3 Å². The van der Waals surface area contributed by atoms with E-state index in [4.69, 9.17) is 42.6 Å². The Balaban J connectivity index is 0.994. The molecule has 7 aromatic carbocycles. The van der Waals surface area contributed by atoms with E-state index in [0.29, 0.717) is 39.3 Å². The first-order valence-electron chi connectivity index (χ1n) is 33.0. The van der Waals surface area contributed by atoms with Gasteiger partial charge in [0, 0.05) is 53.9 Å². The van der Waals surface area contributed by atoms with Crippen LogP contribution in [0.1, 0.15) is 132 Å². The van der Waals surface area contributed by atoms with Crippen molar-refractivity contribution in [2.75, 3.05) is 20.8 Å². The van der Waals surface area contributed by atoms with Gasteiger partial charge in [-0.1, -0.05) is 160 Å². The predicted molar refractivity (Wildman–Crippen MR) is 356 cm³/mol. The lowest BCUT2D eigenvalue weighted by Gasteiger charge is -2.68. The molecule has 3 aliphatic carbocycles. The summed E-state index contributed by atoms with van der Waals surface area (Å²) < 4.78 is 58.0. The fraction of sp³-hybridized carbons (Fsp3) is 0.342. The van der Waals surface area contributed by atoms with Crippen molar-refractivity contribution in [3.63, 3.8) is 0 Å². The van der Waals surface area contributed by atoms with Gasteiger partial charge in [-0.2, -0.15) is 0 Å². The summed E-state index contributed by atoms with van der Waals surface area (Å²) in [4.78, 5) is 128. The monoisotopic (exact) mass is 1340 g/mol. The Bertz CT molecular complexity index is 4270. The molecule has 1 N–H and O–H groups in total. The Morgan fingerprint density at radius 2 is 1.00 bits per heavy atom. The molecule has 5 fully saturated rings. The lowest BCUT2D eigenvalue weighted by molar-refractivity contribution is -0.339. The number of methoxy groups -OCH3 is 2. The van der Waals surface area contributed by atoms with Crippen LogP contribution in [0.5, 0.6) is 11.5 Å². The number of hydrogen-bond donors (Lipinski definition) is 1. The minimum absolute atomic E-state index is 0.00746. The van der Waals surface area contributed by atoms with Crippen LogP contribution >= 0.6 is 0 Å². The molecule has 510 valence electrons. The van der Waals surface area contributed by atoms with Crippen molar-refractivity contribution in [2.24, 2.45) is 22.7 Å². The molecule has 3 aliphatic heterocycles. The smallest absolute Gasteiger partial charge is 0.338 e. The number of Topliss-reactive ketones (excluding diaryl/α,β-unsaturated/α-hetero) is 2. The first kappa shape index (κ1) is 67.4. The molecular weight excluding hydrogens is 1260 g/mol. The molecule has 2 bridgehead atoms. The first-order chi connectivity index (χ1) is 47.6. The summed E-state index contributed by atoms with van der Waals surface area (Å²) >= 11 is 0. The SMILES string of the molecule is COc1ccc(C2O[C@H](C(=O)[C@H]3C[C@H]4OC[C@@]4(OC(C)=O)[C@H]4[C@H](OC(=O)c5ccccc5)[C@]5(O)C[C@H](OC(=O)[C@@H]6OC(c7ccc(OC)cc7)N(C(=O)c7ccccc7)[C@H]6c6ccccc6)C(C)=C([C@@H](OC(C)=O)C(=O)[C@]34C)C5(C)C)[C@@H](c3ccccc3)N2C(=O)c2ccccc2)cc1. The fourth-order valence-corrected chi connectivity index (χ4v) is 16.3. The molecule has 3 saturated heterocycles. The van der Waals surface area contributed by atoms with E-state index in [2.05, 4.69) is 0 Å². The van der Waals surface area contributed by atoms with Crippen molar-refractivity contribution in [3.05, 3.63) is 250 Å². The number of carbonyl (C=O) groups excluding carboxylic acids is 8. The van der Waals surface area contributed by atoms with Gasteiger partial charge in [0.2, 0.25) is 0 Å². The highest BCUT2D eigenvalue weighted by atomic mass is 16.6. The normalized spacial score (nSPS) is 29.6. The zero-order chi connectivity index (χ0) is 69.9. The molecule has 99 heavy (non-hydrogen) atoms. The maximum absolute atomic E-state index is 17.4. The molecular formula is C79H76N2O18. The summed E-state index contributed by atoms with van der Waals surface area (Å²) in [5.41, 5.74) is -6.22. The highest BCUT2D eigenvalue weighted by molar-refractivity contribution is 6.02. The molecule has 20 heteroatoms. The van der Waals surface area contributed by atoms with E-state index in [1.54, 1.807) is 209 Å². The minimum atomic E-state index is -2.59. The quantitative estimate of drug-likeness (QED) is 0.0537. The van der Waals surface area contributed by atoms with Gasteiger partial charge in [0.15, 0.2) is 41.8 Å². The van der Waals surface area contributed by atoms with Gasteiger partial charge in [-0.3, -0.25) is 38.6 Å². The number of amides is 2. The molecule has 3 heterocycles. The Labute approximate surface area is 572 Å². The van der Waals surface area contributed by atoms with Crippen LogP contribution in [0.15, 0.2) is 211 Å². The Kier molecular flexibility index (Phi) is 18.1. The van der Waals surface area contributed by atoms with Crippen LogP contribution in [0.25, 0.3) is 0 Å². The third-order valence-corrected chi connectivity index (χ3v) is 21.2. The van der Waals surface area contributed by atoms with Gasteiger partial charge in [0.1, 0.15) is 41.5 Å². The van der Waals surface area contributed by atoms with E-state index < -0.39 is 155 Å². The molecule has 0 spiro atoms. The van der Waals surface area contributed by atoms with Crippen LogP contribution < -0.4 is 9.47 Å². The first-order valence-corrected chi connectivity index (χ1v) is 33.0. The zero-order valence-electron chi connectivity index (χ0n) is 55.9. The number of ether oxygens (including phenoxy) is 9. The highest BCUT2D eigenvalue weighted by Crippen LogP contribution is 2.67. The standard InChI is InChI=1S/C79H76N2O18/c1-45-58(95-75(89)66-62(49-26-16-10-17-27-49)81(71(87)51-30-20-12-21-31-51)73(97-66)53-36-40-56(92-8)41-37-53)43-79(90)69(98-74(88)54-32-22-13-23-33-54)67-77(6,68(85)64(94-46(2)82)60(45)76(79,4)5)57(42-59-78(67,44-93-59)99-47(3)83)63(84)65-61(48-24-14-9-15-25-48)80(70(86)50-28-18-11-19-29-50)72(96-65)52-34-38-55(91-7)39-35-52/h9-41,57-59,61-62,64-67,69,72-73,90H,42-44H2,1-8H3/t57-,58+,59-,61-,62+,64-,65+,66-,67+,69+,72?,73?,77-,78+,79-/m1/s1. The van der Waals surface area contributed by atoms with Gasteiger partial charge in [0.05, 0.1) is 49.8 Å². The number of fused-ring (bicyclic) bond motifs is 5. The number of hydrogen-bond acceptors (Lipinski definition) is 18. The van der Waals surface area contributed by atoms with E-state index in [0.717, 1.165) is 13.8 Å². The van der Waals surface area contributed by atoms with Crippen molar-refractivity contribution in [1.82, 2.24) is 9.80 Å². The topological polar surface area (TPSA) is 246 Å². The predicted octanol–water partition coefficient (Wildman–Crippen LogP) is 11.0. The van der Waals surface area contributed by atoms with Gasteiger partial charge in [-0.25, -0.2) is 9.59 Å². The van der Waals surface area contributed by atoms with E-state index >= 15 is 28.8 Å². The average Bonchev–Trinajstić information content (AvgIpc) is 1.03. The minimum Gasteiger partial charge on any atom is -0.497 e. The maximum atomic E-state index is 17.4. The van der Waals surface area contributed by atoms with Gasteiger partial charge in [-0.15, -0.1) is 0 Å². The van der Waals surface area contributed by atoms with Crippen molar-refractivity contribution in [2.45, 2.75) is 127 Å². The molecule has 0 radical (unpaired) electrons. The number of ketones is 2. The Morgan fingerprint density at radius 3 is 1.44 bits per heavy atom. The zero-order valence-corrected chi connectivity index (χ0v) is 55.9. The van der Waals surface area contributed by atoms with E-state index in [1.807, 2.05) is 0 Å². The second-order valence-electron chi connectivity index (χ2n) is 26.9. The van der Waals surface area contributed by atoms with Gasteiger partial charge in [0.25, 0.3) is 11.8 Å². The molecule has 15 atom stereocenters. The Hall–Kier alpha value is -10.1. The number of esters is 4. The van der Waals surface area contributed by atoms with Crippen molar-refractivity contribution in [3.8, 4) is 11.5 Å². The van der Waals surface area contributed by atoms with Crippen molar-refractivity contribution in [1.29, 1.82) is 0 Å². The number of carbonyl (C=O) groups is 8. The molecule has 7 aromatic rings. The Morgan fingerprint density at radius 1 is 0.545 bits per heavy atom. The molecule has 0 aromatic heterocycles. The number of benzene rings is 7. The lowest BCUT2D eigenvalue weighted by atomic mass is 9.42. The number of nitrogens with zero attached hydrogens (tertiary/aromatic N) is 2. The highest BCUT2D eigenvalue weighted by Gasteiger charge is 2.80. The number of rotatable bonds is 16. The molecule has 20 nitrogen and oxygen atoms in total. The van der Waals surface area contributed by atoms with Gasteiger partial charge < -0.3 is 47.7 Å². The van der Waals surface area contributed by atoms with E-state index in [9.17, 15) is 14.7 Å². The van der Waals surface area contributed by atoms with E-state index in [-0.39, 0.29) is 28.7 Å². The number of aliphatic hydroxyl groups is 1. The van der Waals surface area contributed by atoms with Crippen molar-refractivity contribution >= 4 is 47.3 Å². The van der Waals surface area contributed by atoms with E-state index in [1.165, 1.54) is 43.1 Å². The summed E-state index contributed by atoms with van der Waals surface area (Å²) in [6.45, 7) is 8.03. The van der Waals surface area contributed by atoms with Crippen LogP contribution in [0.4, 0.5) is 0 Å².